The minimum absolute atomic E-state index is 0.0570. The predicted octanol–water partition coefficient (Wildman–Crippen LogP) is 5.47. The Morgan fingerprint density at radius 1 is 1.06 bits per heavy atom. The molecule has 8 nitrogen and oxygen atoms in total. The molecule has 1 aliphatic rings. The van der Waals surface area contributed by atoms with Crippen LogP contribution in [0, 0.1) is 0 Å². The van der Waals surface area contributed by atoms with Gasteiger partial charge in [0.25, 0.3) is 5.91 Å². The molecular formula is C23H22ClF3N4O4. The van der Waals surface area contributed by atoms with Crippen LogP contribution in [0.25, 0.3) is 0 Å². The number of nitrogens with zero attached hydrogens (tertiary/aromatic N) is 2. The van der Waals surface area contributed by atoms with Gasteiger partial charge in [-0.15, -0.1) is 0 Å². The standard InChI is InChI=1S/C23H22ClF3N4O4/c1-33-17-7-5-13(24)9-15(17)29-22(32)16-11-21-28-14(10-20(23(25,26)27)31(21)30-16)12-4-6-18(34-2)19(8-12)35-3/h4-9,11,14,20,28H,10H2,1-3H3,(H,29,32)/t14-,20-/m0/s1. The van der Waals surface area contributed by atoms with Crippen molar-refractivity contribution < 1.29 is 32.2 Å². The number of carbonyl (C=O) groups is 1. The molecule has 0 unspecified atom stereocenters. The number of ether oxygens (including phenoxy) is 3. The summed E-state index contributed by atoms with van der Waals surface area (Å²) in [5, 5.41) is 9.96. The average Bonchev–Trinajstić information content (AvgIpc) is 3.27. The lowest BCUT2D eigenvalue weighted by Gasteiger charge is -2.33. The number of anilines is 2. The Kier molecular flexibility index (Phi) is 6.70. The van der Waals surface area contributed by atoms with Crippen LogP contribution in [0.3, 0.4) is 0 Å². The number of hydrogen-bond acceptors (Lipinski definition) is 6. The molecule has 0 saturated heterocycles. The number of nitrogens with one attached hydrogen (secondary N) is 2. The van der Waals surface area contributed by atoms with Crippen molar-refractivity contribution in [1.82, 2.24) is 9.78 Å². The molecule has 3 aromatic rings. The van der Waals surface area contributed by atoms with E-state index in [1.54, 1.807) is 30.3 Å². The summed E-state index contributed by atoms with van der Waals surface area (Å²) in [7, 11) is 4.34. The SMILES string of the molecule is COc1ccc(Cl)cc1NC(=O)c1cc2n(n1)[C@H](C(F)(F)F)C[C@@H](c1ccc(OC)c(OC)c1)N2. The normalized spacial score (nSPS) is 17.2. The molecule has 2 aromatic carbocycles. The Balaban J connectivity index is 1.66. The number of carbonyl (C=O) groups excluding carboxylic acids is 1. The molecule has 0 aliphatic carbocycles. The Bertz CT molecular complexity index is 1250. The van der Waals surface area contributed by atoms with Crippen LogP contribution in [0.5, 0.6) is 17.2 Å². The fourth-order valence-electron chi connectivity index (χ4n) is 3.94. The third kappa shape index (κ3) is 4.95. The highest BCUT2D eigenvalue weighted by Gasteiger charge is 2.47. The quantitative estimate of drug-likeness (QED) is 0.457. The van der Waals surface area contributed by atoms with Gasteiger partial charge in [-0.3, -0.25) is 4.79 Å². The number of alkyl halides is 3. The smallest absolute Gasteiger partial charge is 0.410 e. The lowest BCUT2D eigenvalue weighted by molar-refractivity contribution is -0.173. The van der Waals surface area contributed by atoms with Gasteiger partial charge in [0, 0.05) is 17.5 Å². The molecule has 2 N–H and O–H groups in total. The van der Waals surface area contributed by atoms with E-state index in [4.69, 9.17) is 25.8 Å². The van der Waals surface area contributed by atoms with Gasteiger partial charge in [0.2, 0.25) is 0 Å². The van der Waals surface area contributed by atoms with Crippen molar-refractivity contribution in [3.8, 4) is 17.2 Å². The first-order valence-electron chi connectivity index (χ1n) is 10.4. The third-order valence-corrected chi connectivity index (χ3v) is 5.88. The molecule has 0 fully saturated rings. The number of benzene rings is 2. The van der Waals surface area contributed by atoms with E-state index >= 15 is 0 Å². The van der Waals surface area contributed by atoms with Crippen molar-refractivity contribution in [1.29, 1.82) is 0 Å². The molecule has 2 heterocycles. The zero-order valence-corrected chi connectivity index (χ0v) is 19.7. The Morgan fingerprint density at radius 3 is 2.40 bits per heavy atom. The van der Waals surface area contributed by atoms with E-state index < -0.39 is 24.2 Å². The van der Waals surface area contributed by atoms with E-state index in [1.165, 1.54) is 33.5 Å². The fraction of sp³-hybridized carbons (Fsp3) is 0.304. The predicted molar refractivity (Wildman–Crippen MR) is 124 cm³/mol. The molecule has 35 heavy (non-hydrogen) atoms. The number of amides is 1. The van der Waals surface area contributed by atoms with Crippen LogP contribution in [0.4, 0.5) is 24.7 Å². The lowest BCUT2D eigenvalue weighted by atomic mass is 9.96. The second kappa shape index (κ2) is 9.57. The largest absolute Gasteiger partial charge is 0.495 e. The molecule has 4 rings (SSSR count). The number of aromatic nitrogens is 2. The fourth-order valence-corrected chi connectivity index (χ4v) is 4.11. The summed E-state index contributed by atoms with van der Waals surface area (Å²) in [6.07, 6.45) is -4.93. The second-order valence-electron chi connectivity index (χ2n) is 7.76. The van der Waals surface area contributed by atoms with Crippen molar-refractivity contribution in [2.75, 3.05) is 32.0 Å². The molecule has 12 heteroatoms. The summed E-state index contributed by atoms with van der Waals surface area (Å²) in [6.45, 7) is 0. The Morgan fingerprint density at radius 2 is 1.74 bits per heavy atom. The molecule has 0 spiro atoms. The maximum Gasteiger partial charge on any atom is 0.410 e. The van der Waals surface area contributed by atoms with E-state index in [9.17, 15) is 18.0 Å². The molecule has 186 valence electrons. The summed E-state index contributed by atoms with van der Waals surface area (Å²) in [5.41, 5.74) is 0.635. The molecule has 0 saturated carbocycles. The minimum atomic E-state index is -4.60. The van der Waals surface area contributed by atoms with Crippen LogP contribution >= 0.6 is 11.6 Å². The van der Waals surface area contributed by atoms with Gasteiger partial charge < -0.3 is 24.8 Å². The summed E-state index contributed by atoms with van der Waals surface area (Å²) in [4.78, 5) is 12.8. The molecule has 1 amide bonds. The number of methoxy groups -OCH3 is 3. The van der Waals surface area contributed by atoms with E-state index in [0.717, 1.165) is 4.68 Å². The monoisotopic (exact) mass is 510 g/mol. The van der Waals surface area contributed by atoms with E-state index in [2.05, 4.69) is 15.7 Å². The van der Waals surface area contributed by atoms with Gasteiger partial charge in [0.15, 0.2) is 23.2 Å². The van der Waals surface area contributed by atoms with Crippen LogP contribution in [-0.4, -0.2) is 43.2 Å². The van der Waals surface area contributed by atoms with Crippen molar-refractivity contribution in [3.05, 3.63) is 58.7 Å². The van der Waals surface area contributed by atoms with E-state index in [1.807, 2.05) is 0 Å². The van der Waals surface area contributed by atoms with Gasteiger partial charge in [-0.2, -0.15) is 18.3 Å². The zero-order valence-electron chi connectivity index (χ0n) is 18.9. The summed E-state index contributed by atoms with van der Waals surface area (Å²) in [6, 6.07) is 8.14. The molecule has 0 bridgehead atoms. The molecule has 2 atom stereocenters. The second-order valence-corrected chi connectivity index (χ2v) is 8.20. The first kappa shape index (κ1) is 24.5. The Labute approximate surface area is 203 Å². The summed E-state index contributed by atoms with van der Waals surface area (Å²) >= 11 is 5.99. The molecular weight excluding hydrogens is 489 g/mol. The van der Waals surface area contributed by atoms with Crippen molar-refractivity contribution in [2.24, 2.45) is 0 Å². The van der Waals surface area contributed by atoms with Crippen LogP contribution in [0.1, 0.15) is 34.6 Å². The van der Waals surface area contributed by atoms with Gasteiger partial charge in [0.05, 0.1) is 33.1 Å². The summed E-state index contributed by atoms with van der Waals surface area (Å²) < 4.78 is 58.5. The van der Waals surface area contributed by atoms with Gasteiger partial charge in [0.1, 0.15) is 11.6 Å². The zero-order chi connectivity index (χ0) is 25.3. The maximum absolute atomic E-state index is 14.0. The topological polar surface area (TPSA) is 86.6 Å². The molecule has 1 aliphatic heterocycles. The van der Waals surface area contributed by atoms with Gasteiger partial charge in [-0.25, -0.2) is 4.68 Å². The highest BCUT2D eigenvalue weighted by Crippen LogP contribution is 2.44. The van der Waals surface area contributed by atoms with Crippen molar-refractivity contribution in [3.63, 3.8) is 0 Å². The van der Waals surface area contributed by atoms with Crippen LogP contribution < -0.4 is 24.8 Å². The van der Waals surface area contributed by atoms with Crippen molar-refractivity contribution >= 4 is 29.0 Å². The van der Waals surface area contributed by atoms with Crippen molar-refractivity contribution in [2.45, 2.75) is 24.7 Å². The number of halogens is 4. The van der Waals surface area contributed by atoms with Gasteiger partial charge in [-0.1, -0.05) is 17.7 Å². The number of rotatable bonds is 6. The number of hydrogen-bond donors (Lipinski definition) is 2. The first-order valence-corrected chi connectivity index (χ1v) is 10.8. The molecule has 0 radical (unpaired) electrons. The summed E-state index contributed by atoms with van der Waals surface area (Å²) in [5.74, 6) is 0.538. The third-order valence-electron chi connectivity index (χ3n) is 5.64. The van der Waals surface area contributed by atoms with E-state index in [-0.39, 0.29) is 23.6 Å². The maximum atomic E-state index is 14.0. The van der Waals surface area contributed by atoms with E-state index in [0.29, 0.717) is 27.8 Å². The van der Waals surface area contributed by atoms with Crippen LogP contribution in [-0.2, 0) is 0 Å². The number of fused-ring (bicyclic) bond motifs is 1. The van der Waals surface area contributed by atoms with Crippen LogP contribution in [0.15, 0.2) is 42.5 Å². The Hall–Kier alpha value is -3.60. The lowest BCUT2D eigenvalue weighted by Crippen LogP contribution is -2.35. The highest BCUT2D eigenvalue weighted by atomic mass is 35.5. The minimum Gasteiger partial charge on any atom is -0.495 e. The van der Waals surface area contributed by atoms with Gasteiger partial charge in [-0.05, 0) is 35.9 Å². The molecule has 1 aromatic heterocycles. The first-order chi connectivity index (χ1) is 16.6. The highest BCUT2D eigenvalue weighted by molar-refractivity contribution is 6.31. The average molecular weight is 511 g/mol. The van der Waals surface area contributed by atoms with Gasteiger partial charge >= 0.3 is 6.18 Å². The van der Waals surface area contributed by atoms with Crippen LogP contribution in [0.2, 0.25) is 5.02 Å².